The van der Waals surface area contributed by atoms with Crippen LogP contribution in [0.2, 0.25) is 0 Å². The summed E-state index contributed by atoms with van der Waals surface area (Å²) in [5, 5.41) is 2.89. The van der Waals surface area contributed by atoms with E-state index in [0.29, 0.717) is 30.2 Å². The highest BCUT2D eigenvalue weighted by molar-refractivity contribution is 5.47. The van der Waals surface area contributed by atoms with Crippen molar-refractivity contribution in [2.75, 3.05) is 19.0 Å². The molecule has 2 heterocycles. The van der Waals surface area contributed by atoms with Crippen LogP contribution in [0.25, 0.3) is 11.6 Å². The summed E-state index contributed by atoms with van der Waals surface area (Å²) in [6.07, 6.45) is 4.44. The zero-order chi connectivity index (χ0) is 13.0. The number of nitrogens with zero attached hydrogens (tertiary/aromatic N) is 5. The lowest BCUT2D eigenvalue weighted by Crippen LogP contribution is -2.07. The number of nitrogens with one attached hydrogen (secondary N) is 1. The van der Waals surface area contributed by atoms with Crippen LogP contribution in [0.1, 0.15) is 13.3 Å². The first-order valence-electron chi connectivity index (χ1n) is 5.79. The number of hydrogen-bond donors (Lipinski definition) is 1. The molecular formula is C11H16N6O. The number of anilines is 1. The van der Waals surface area contributed by atoms with Crippen LogP contribution in [-0.4, -0.2) is 38.2 Å². The van der Waals surface area contributed by atoms with Crippen molar-refractivity contribution in [1.29, 1.82) is 0 Å². The van der Waals surface area contributed by atoms with Crippen molar-refractivity contribution in [1.82, 2.24) is 24.5 Å². The van der Waals surface area contributed by atoms with E-state index in [1.165, 1.54) is 0 Å². The summed E-state index contributed by atoms with van der Waals surface area (Å²) in [7, 11) is 3.64. The molecular weight excluding hydrogens is 232 g/mol. The van der Waals surface area contributed by atoms with Gasteiger partial charge >= 0.3 is 6.01 Å². The fourth-order valence-electron chi connectivity index (χ4n) is 1.41. The highest BCUT2D eigenvalue weighted by atomic mass is 16.5. The van der Waals surface area contributed by atoms with Gasteiger partial charge < -0.3 is 14.6 Å². The van der Waals surface area contributed by atoms with E-state index in [1.807, 2.05) is 24.7 Å². The first-order valence-corrected chi connectivity index (χ1v) is 5.79. The Morgan fingerprint density at radius 2 is 2.17 bits per heavy atom. The quantitative estimate of drug-likeness (QED) is 0.853. The molecule has 0 amide bonds. The number of ether oxygens (including phenoxy) is 1. The van der Waals surface area contributed by atoms with Crippen LogP contribution in [0.15, 0.2) is 12.4 Å². The Hall–Kier alpha value is -2.18. The van der Waals surface area contributed by atoms with Gasteiger partial charge in [0, 0.05) is 26.5 Å². The van der Waals surface area contributed by atoms with E-state index in [2.05, 4.69) is 25.3 Å². The van der Waals surface area contributed by atoms with Crippen LogP contribution in [0.3, 0.4) is 0 Å². The number of imidazole rings is 1. The second-order valence-electron chi connectivity index (χ2n) is 3.73. The van der Waals surface area contributed by atoms with Gasteiger partial charge in [0.15, 0.2) is 5.82 Å². The van der Waals surface area contributed by atoms with E-state index in [1.54, 1.807) is 13.2 Å². The van der Waals surface area contributed by atoms with Gasteiger partial charge in [0.1, 0.15) is 0 Å². The molecule has 0 aliphatic heterocycles. The molecule has 0 spiro atoms. The molecule has 0 radical (unpaired) electrons. The molecule has 7 nitrogen and oxygen atoms in total. The molecule has 96 valence electrons. The summed E-state index contributed by atoms with van der Waals surface area (Å²) in [4.78, 5) is 16.9. The topological polar surface area (TPSA) is 77.8 Å². The smallest absolute Gasteiger partial charge is 0.321 e. The van der Waals surface area contributed by atoms with Gasteiger partial charge in [-0.05, 0) is 6.42 Å². The summed E-state index contributed by atoms with van der Waals surface area (Å²) < 4.78 is 7.28. The number of rotatable bonds is 5. The third kappa shape index (κ3) is 2.55. The molecule has 2 rings (SSSR count). The Bertz CT molecular complexity index is 524. The van der Waals surface area contributed by atoms with Crippen molar-refractivity contribution in [2.45, 2.75) is 13.3 Å². The van der Waals surface area contributed by atoms with Crippen molar-refractivity contribution >= 4 is 5.95 Å². The lowest BCUT2D eigenvalue weighted by Gasteiger charge is -2.07. The second kappa shape index (κ2) is 5.44. The molecule has 0 aliphatic carbocycles. The lowest BCUT2D eigenvalue weighted by atomic mass is 10.5. The molecule has 0 aliphatic rings. The van der Waals surface area contributed by atoms with Gasteiger partial charge in [-0.25, -0.2) is 4.98 Å². The van der Waals surface area contributed by atoms with E-state index >= 15 is 0 Å². The van der Waals surface area contributed by atoms with Crippen LogP contribution in [-0.2, 0) is 7.05 Å². The molecule has 2 aromatic heterocycles. The Labute approximate surface area is 105 Å². The molecule has 0 unspecified atom stereocenters. The van der Waals surface area contributed by atoms with E-state index < -0.39 is 0 Å². The zero-order valence-corrected chi connectivity index (χ0v) is 10.7. The summed E-state index contributed by atoms with van der Waals surface area (Å²) in [5.41, 5.74) is 0. The minimum Gasteiger partial charge on any atom is -0.463 e. The van der Waals surface area contributed by atoms with E-state index in [-0.39, 0.29) is 0 Å². The molecule has 0 fully saturated rings. The van der Waals surface area contributed by atoms with Crippen molar-refractivity contribution in [3.05, 3.63) is 12.4 Å². The van der Waals surface area contributed by atoms with Gasteiger partial charge in [-0.2, -0.15) is 15.0 Å². The number of hydrogen-bond acceptors (Lipinski definition) is 6. The van der Waals surface area contributed by atoms with Crippen molar-refractivity contribution in [2.24, 2.45) is 7.05 Å². The Balaban J connectivity index is 2.38. The minimum atomic E-state index is 0.314. The highest BCUT2D eigenvalue weighted by Crippen LogP contribution is 2.16. The SMILES string of the molecule is CCCOc1nc(NC)nc(-c2nccn2C)n1. The normalized spacial score (nSPS) is 10.4. The molecule has 0 saturated carbocycles. The van der Waals surface area contributed by atoms with Gasteiger partial charge in [-0.1, -0.05) is 6.92 Å². The van der Waals surface area contributed by atoms with E-state index in [9.17, 15) is 0 Å². The van der Waals surface area contributed by atoms with Crippen LogP contribution in [0, 0.1) is 0 Å². The average Bonchev–Trinajstić information content (AvgIpc) is 2.82. The van der Waals surface area contributed by atoms with Gasteiger partial charge in [0.05, 0.1) is 6.61 Å². The Morgan fingerprint density at radius 3 is 2.78 bits per heavy atom. The molecule has 0 bridgehead atoms. The van der Waals surface area contributed by atoms with Crippen LogP contribution in [0.5, 0.6) is 6.01 Å². The summed E-state index contributed by atoms with van der Waals surface area (Å²) in [6, 6.07) is 0.314. The minimum absolute atomic E-state index is 0.314. The van der Waals surface area contributed by atoms with Crippen LogP contribution >= 0.6 is 0 Å². The maximum Gasteiger partial charge on any atom is 0.321 e. The van der Waals surface area contributed by atoms with Crippen LogP contribution < -0.4 is 10.1 Å². The van der Waals surface area contributed by atoms with Gasteiger partial charge in [0.2, 0.25) is 11.8 Å². The molecule has 0 atom stereocenters. The third-order valence-corrected chi connectivity index (χ3v) is 2.29. The molecule has 18 heavy (non-hydrogen) atoms. The fraction of sp³-hybridized carbons (Fsp3) is 0.455. The monoisotopic (exact) mass is 248 g/mol. The van der Waals surface area contributed by atoms with E-state index in [4.69, 9.17) is 4.74 Å². The Kier molecular flexibility index (Phi) is 3.71. The van der Waals surface area contributed by atoms with Crippen molar-refractivity contribution in [3.63, 3.8) is 0 Å². The molecule has 1 N–H and O–H groups in total. The number of aryl methyl sites for hydroxylation is 1. The average molecular weight is 248 g/mol. The van der Waals surface area contributed by atoms with E-state index in [0.717, 1.165) is 6.42 Å². The maximum atomic E-state index is 5.44. The lowest BCUT2D eigenvalue weighted by molar-refractivity contribution is 0.292. The molecule has 7 heteroatoms. The van der Waals surface area contributed by atoms with Crippen molar-refractivity contribution in [3.8, 4) is 17.7 Å². The number of aromatic nitrogens is 5. The third-order valence-electron chi connectivity index (χ3n) is 2.29. The standard InChI is InChI=1S/C11H16N6O/c1-4-7-18-11-15-8(14-10(12-2)16-11)9-13-5-6-17(9)3/h5-6H,4,7H2,1-3H3,(H,12,14,15,16). The predicted octanol–water partition coefficient (Wildman–Crippen LogP) is 1.10. The summed E-state index contributed by atoms with van der Waals surface area (Å²) in [5.74, 6) is 1.64. The molecule has 0 saturated heterocycles. The molecule has 2 aromatic rings. The van der Waals surface area contributed by atoms with Gasteiger partial charge in [-0.15, -0.1) is 0 Å². The maximum absolute atomic E-state index is 5.44. The first-order chi connectivity index (χ1) is 8.74. The Morgan fingerprint density at radius 1 is 1.33 bits per heavy atom. The zero-order valence-electron chi connectivity index (χ0n) is 10.7. The largest absolute Gasteiger partial charge is 0.463 e. The van der Waals surface area contributed by atoms with Crippen LogP contribution in [0.4, 0.5) is 5.95 Å². The summed E-state index contributed by atoms with van der Waals surface area (Å²) in [6.45, 7) is 2.60. The second-order valence-corrected chi connectivity index (χ2v) is 3.73. The predicted molar refractivity (Wildman–Crippen MR) is 67.4 cm³/mol. The van der Waals surface area contributed by atoms with Gasteiger partial charge in [-0.3, -0.25) is 0 Å². The summed E-state index contributed by atoms with van der Waals surface area (Å²) >= 11 is 0. The highest BCUT2D eigenvalue weighted by Gasteiger charge is 2.12. The van der Waals surface area contributed by atoms with Gasteiger partial charge in [0.25, 0.3) is 0 Å². The molecule has 0 aromatic carbocycles. The first kappa shape index (κ1) is 12.3. The fourth-order valence-corrected chi connectivity index (χ4v) is 1.41. The van der Waals surface area contributed by atoms with Crippen molar-refractivity contribution < 1.29 is 4.74 Å².